The molecular weight excluding hydrogens is 338 g/mol. The number of benzene rings is 1. The Labute approximate surface area is 146 Å². The van der Waals surface area contributed by atoms with Crippen molar-refractivity contribution in [3.63, 3.8) is 0 Å². The number of ketones is 1. The van der Waals surface area contributed by atoms with Gasteiger partial charge in [0.05, 0.1) is 25.7 Å². The minimum Gasteiger partial charge on any atom is -0.397 e. The van der Waals surface area contributed by atoms with Crippen molar-refractivity contribution in [2.24, 2.45) is 0 Å². The maximum Gasteiger partial charge on any atom is 0.205 e. The van der Waals surface area contributed by atoms with E-state index in [9.17, 15) is 4.79 Å². The smallest absolute Gasteiger partial charge is 0.205 e. The Bertz CT molecular complexity index is 1040. The minimum atomic E-state index is -0.0636. The topological polar surface area (TPSA) is 82.0 Å². The molecule has 0 spiro atoms. The lowest BCUT2D eigenvalue weighted by atomic mass is 10.1. The summed E-state index contributed by atoms with van der Waals surface area (Å²) in [5.74, 6) is -0.0636. The molecule has 0 radical (unpaired) electrons. The summed E-state index contributed by atoms with van der Waals surface area (Å²) in [6, 6.07) is 13.0. The van der Waals surface area contributed by atoms with Crippen molar-refractivity contribution >= 4 is 49.2 Å². The lowest BCUT2D eigenvalue weighted by Crippen LogP contribution is -2.02. The van der Waals surface area contributed by atoms with Crippen molar-refractivity contribution in [1.29, 1.82) is 0 Å². The summed E-state index contributed by atoms with van der Waals surface area (Å²) >= 11 is 2.96. The molecule has 4 aromatic rings. The fourth-order valence-electron chi connectivity index (χ4n) is 2.62. The Hall–Kier alpha value is -2.70. The summed E-state index contributed by atoms with van der Waals surface area (Å²) in [4.78, 5) is 18.2. The van der Waals surface area contributed by atoms with Gasteiger partial charge in [-0.15, -0.1) is 22.7 Å². The SMILES string of the molecule is Nc1c(C(=O)c2ccccc2)sc2sc(-c3ccncc3)c(N)c12. The summed E-state index contributed by atoms with van der Waals surface area (Å²) in [5.41, 5.74) is 15.3. The highest BCUT2D eigenvalue weighted by Gasteiger charge is 2.23. The number of nitrogens with zero attached hydrogens (tertiary/aromatic N) is 1. The third kappa shape index (κ3) is 2.28. The summed E-state index contributed by atoms with van der Waals surface area (Å²) in [7, 11) is 0. The van der Waals surface area contributed by atoms with Crippen LogP contribution in [0.2, 0.25) is 0 Å². The lowest BCUT2D eigenvalue weighted by molar-refractivity contribution is 0.104. The zero-order valence-corrected chi connectivity index (χ0v) is 14.2. The minimum absolute atomic E-state index is 0.0636. The van der Waals surface area contributed by atoms with E-state index >= 15 is 0 Å². The number of carbonyl (C=O) groups excluding carboxylic acids is 1. The van der Waals surface area contributed by atoms with Crippen LogP contribution < -0.4 is 11.5 Å². The molecule has 118 valence electrons. The van der Waals surface area contributed by atoms with Gasteiger partial charge in [-0.2, -0.15) is 0 Å². The summed E-state index contributed by atoms with van der Waals surface area (Å²) < 4.78 is 0.969. The number of carbonyl (C=O) groups is 1. The zero-order chi connectivity index (χ0) is 16.7. The molecule has 3 heterocycles. The molecule has 1 aromatic carbocycles. The highest BCUT2D eigenvalue weighted by molar-refractivity contribution is 7.41. The first-order valence-electron chi connectivity index (χ1n) is 7.27. The highest BCUT2D eigenvalue weighted by Crippen LogP contribution is 2.48. The molecule has 0 saturated carbocycles. The predicted molar refractivity (Wildman–Crippen MR) is 102 cm³/mol. The van der Waals surface area contributed by atoms with Gasteiger partial charge in [-0.3, -0.25) is 9.78 Å². The molecule has 4 rings (SSSR count). The van der Waals surface area contributed by atoms with E-state index in [1.807, 2.05) is 30.3 Å². The van der Waals surface area contributed by atoms with Crippen molar-refractivity contribution in [3.8, 4) is 10.4 Å². The Morgan fingerprint density at radius 3 is 2.29 bits per heavy atom. The number of hydrogen-bond donors (Lipinski definition) is 2. The normalized spacial score (nSPS) is 11.0. The van der Waals surface area contributed by atoms with Crippen molar-refractivity contribution in [1.82, 2.24) is 4.98 Å². The van der Waals surface area contributed by atoms with Gasteiger partial charge < -0.3 is 11.5 Å². The molecule has 0 atom stereocenters. The van der Waals surface area contributed by atoms with Gasteiger partial charge in [0.15, 0.2) is 0 Å². The van der Waals surface area contributed by atoms with Crippen LogP contribution in [0.3, 0.4) is 0 Å². The maximum atomic E-state index is 12.7. The van der Waals surface area contributed by atoms with E-state index in [4.69, 9.17) is 11.5 Å². The number of aromatic nitrogens is 1. The number of anilines is 2. The van der Waals surface area contributed by atoms with E-state index in [1.165, 1.54) is 11.3 Å². The van der Waals surface area contributed by atoms with Crippen molar-refractivity contribution < 1.29 is 4.79 Å². The average molecular weight is 351 g/mol. The molecule has 3 aromatic heterocycles. The van der Waals surface area contributed by atoms with E-state index in [2.05, 4.69) is 4.98 Å². The van der Waals surface area contributed by atoms with Gasteiger partial charge in [-0.25, -0.2) is 0 Å². The second kappa shape index (κ2) is 5.74. The third-order valence-electron chi connectivity index (χ3n) is 3.81. The first kappa shape index (κ1) is 14.9. The largest absolute Gasteiger partial charge is 0.397 e. The van der Waals surface area contributed by atoms with Gasteiger partial charge >= 0.3 is 0 Å². The molecule has 6 heteroatoms. The molecule has 0 unspecified atom stereocenters. The number of fused-ring (bicyclic) bond motifs is 1. The fraction of sp³-hybridized carbons (Fsp3) is 0. The van der Waals surface area contributed by atoms with Crippen LogP contribution in [0.15, 0.2) is 54.9 Å². The van der Waals surface area contributed by atoms with Crippen LogP contribution in [0.5, 0.6) is 0 Å². The second-order valence-electron chi connectivity index (χ2n) is 5.28. The van der Waals surface area contributed by atoms with Gasteiger partial charge in [-0.1, -0.05) is 30.3 Å². The lowest BCUT2D eigenvalue weighted by Gasteiger charge is -2.02. The van der Waals surface area contributed by atoms with Crippen LogP contribution >= 0.6 is 22.7 Å². The van der Waals surface area contributed by atoms with Crippen LogP contribution in [-0.2, 0) is 0 Å². The second-order valence-corrected chi connectivity index (χ2v) is 7.58. The van der Waals surface area contributed by atoms with Crippen LogP contribution in [0.25, 0.3) is 19.8 Å². The molecule has 0 aliphatic carbocycles. The molecule has 0 aliphatic heterocycles. The first-order chi connectivity index (χ1) is 11.7. The quantitative estimate of drug-likeness (QED) is 0.535. The number of nitrogens with two attached hydrogens (primary N) is 2. The van der Waals surface area contributed by atoms with Gasteiger partial charge in [-0.05, 0) is 17.7 Å². The van der Waals surface area contributed by atoms with E-state index in [1.54, 1.807) is 35.9 Å². The van der Waals surface area contributed by atoms with Crippen molar-refractivity contribution in [2.45, 2.75) is 0 Å². The van der Waals surface area contributed by atoms with E-state index < -0.39 is 0 Å². The van der Waals surface area contributed by atoms with Crippen molar-refractivity contribution in [3.05, 3.63) is 65.3 Å². The van der Waals surface area contributed by atoms with Crippen LogP contribution in [0, 0.1) is 0 Å². The molecule has 0 fully saturated rings. The van der Waals surface area contributed by atoms with Crippen LogP contribution in [0.1, 0.15) is 15.2 Å². The molecule has 0 amide bonds. The van der Waals surface area contributed by atoms with Gasteiger partial charge in [0.2, 0.25) is 5.78 Å². The molecule has 0 saturated heterocycles. The van der Waals surface area contributed by atoms with Gasteiger partial charge in [0.25, 0.3) is 0 Å². The van der Waals surface area contributed by atoms with Crippen molar-refractivity contribution in [2.75, 3.05) is 11.5 Å². The third-order valence-corrected chi connectivity index (χ3v) is 6.35. The molecule has 0 aliphatic rings. The summed E-state index contributed by atoms with van der Waals surface area (Å²) in [6.45, 7) is 0. The Morgan fingerprint density at radius 1 is 0.917 bits per heavy atom. The summed E-state index contributed by atoms with van der Waals surface area (Å²) in [5, 5.41) is 0.788. The summed E-state index contributed by atoms with van der Waals surface area (Å²) in [6.07, 6.45) is 3.46. The first-order valence-corrected chi connectivity index (χ1v) is 8.90. The molecular formula is C18H13N3OS2. The van der Waals surface area contributed by atoms with E-state index in [0.717, 1.165) is 19.8 Å². The molecule has 0 bridgehead atoms. The Kier molecular flexibility index (Phi) is 3.55. The Morgan fingerprint density at radius 2 is 1.62 bits per heavy atom. The van der Waals surface area contributed by atoms with Crippen LogP contribution in [-0.4, -0.2) is 10.8 Å². The predicted octanol–water partition coefficient (Wildman–Crippen LogP) is 4.42. The highest BCUT2D eigenvalue weighted by atomic mass is 32.2. The van der Waals surface area contributed by atoms with E-state index in [-0.39, 0.29) is 5.78 Å². The van der Waals surface area contributed by atoms with Crippen LogP contribution in [0.4, 0.5) is 11.4 Å². The fourth-order valence-corrected chi connectivity index (χ4v) is 5.19. The zero-order valence-electron chi connectivity index (χ0n) is 12.5. The number of nitrogen functional groups attached to an aromatic ring is 2. The van der Waals surface area contributed by atoms with Gasteiger partial charge in [0.1, 0.15) is 4.88 Å². The average Bonchev–Trinajstić information content (AvgIpc) is 3.13. The Balaban J connectivity index is 1.84. The number of rotatable bonds is 3. The number of thiophene rings is 2. The van der Waals surface area contributed by atoms with Gasteiger partial charge in [0, 0.05) is 18.0 Å². The van der Waals surface area contributed by atoms with E-state index in [0.29, 0.717) is 21.8 Å². The monoisotopic (exact) mass is 351 g/mol. The number of hydrogen-bond acceptors (Lipinski definition) is 6. The number of pyridine rings is 1. The maximum absolute atomic E-state index is 12.7. The standard InChI is InChI=1S/C18H13N3OS2/c19-13-12-14(20)17(15(22)10-4-2-1-3-5-10)24-18(12)23-16(13)11-6-8-21-9-7-11/h1-9H,19-20H2. The molecule has 4 nitrogen and oxygen atoms in total. The molecule has 4 N–H and O–H groups in total. The molecule has 24 heavy (non-hydrogen) atoms.